The van der Waals surface area contributed by atoms with Gasteiger partial charge in [0.15, 0.2) is 0 Å². The van der Waals surface area contributed by atoms with Gasteiger partial charge in [0.2, 0.25) is 0 Å². The predicted octanol–water partition coefficient (Wildman–Crippen LogP) is 5.98. The van der Waals surface area contributed by atoms with Gasteiger partial charge in [0.25, 0.3) is 0 Å². The smallest absolute Gasteiger partial charge is 0.124 e. The highest BCUT2D eigenvalue weighted by atomic mass is 79.9. The second kappa shape index (κ2) is 5.29. The van der Waals surface area contributed by atoms with E-state index in [0.717, 1.165) is 21.6 Å². The van der Waals surface area contributed by atoms with Crippen molar-refractivity contribution in [2.75, 3.05) is 5.32 Å². The molecule has 110 valence electrons. The molecule has 0 aromatic heterocycles. The number of hydrogen-bond donors (Lipinski definition) is 1. The third-order valence-corrected chi connectivity index (χ3v) is 4.97. The van der Waals surface area contributed by atoms with Crippen LogP contribution in [0.2, 0.25) is 5.02 Å². The zero-order chi connectivity index (χ0) is 15.2. The standard InChI is InChI=1S/C17H16BrClFN/c1-17(2)9-10-3-4-11(19)7-13(10)16(17)21-15-6-5-12(20)8-14(15)18/h3-8,16,21H,9H2,1-2H3. The summed E-state index contributed by atoms with van der Waals surface area (Å²) in [5, 5.41) is 4.28. The van der Waals surface area contributed by atoms with E-state index in [1.54, 1.807) is 6.07 Å². The van der Waals surface area contributed by atoms with Crippen LogP contribution in [0.4, 0.5) is 10.1 Å². The summed E-state index contributed by atoms with van der Waals surface area (Å²) in [6, 6.07) is 10.9. The molecule has 0 bridgehead atoms. The van der Waals surface area contributed by atoms with Gasteiger partial charge < -0.3 is 5.32 Å². The fraction of sp³-hybridized carbons (Fsp3) is 0.294. The van der Waals surface area contributed by atoms with Gasteiger partial charge in [0.1, 0.15) is 5.82 Å². The quantitative estimate of drug-likeness (QED) is 0.688. The van der Waals surface area contributed by atoms with Crippen LogP contribution in [-0.4, -0.2) is 0 Å². The normalized spacial score (nSPS) is 19.4. The van der Waals surface area contributed by atoms with E-state index in [4.69, 9.17) is 11.6 Å². The van der Waals surface area contributed by atoms with Gasteiger partial charge in [-0.25, -0.2) is 4.39 Å². The van der Waals surface area contributed by atoms with E-state index < -0.39 is 0 Å². The molecule has 0 fully saturated rings. The molecule has 0 aliphatic heterocycles. The van der Waals surface area contributed by atoms with E-state index in [1.165, 1.54) is 23.3 Å². The molecule has 4 heteroatoms. The molecule has 1 aliphatic rings. The molecule has 1 N–H and O–H groups in total. The number of halogens is 3. The second-order valence-electron chi connectivity index (χ2n) is 6.21. The summed E-state index contributed by atoms with van der Waals surface area (Å²) in [5.74, 6) is -0.249. The summed E-state index contributed by atoms with van der Waals surface area (Å²) < 4.78 is 14.0. The zero-order valence-electron chi connectivity index (χ0n) is 11.9. The maximum atomic E-state index is 13.2. The van der Waals surface area contributed by atoms with Gasteiger partial charge in [0, 0.05) is 15.2 Å². The van der Waals surface area contributed by atoms with E-state index in [9.17, 15) is 4.39 Å². The van der Waals surface area contributed by atoms with Crippen LogP contribution < -0.4 is 5.32 Å². The molecule has 1 atom stereocenters. The highest BCUT2D eigenvalue weighted by molar-refractivity contribution is 9.10. The van der Waals surface area contributed by atoms with Crippen LogP contribution in [0.15, 0.2) is 40.9 Å². The predicted molar refractivity (Wildman–Crippen MR) is 89.4 cm³/mol. The van der Waals surface area contributed by atoms with Crippen LogP contribution in [0.25, 0.3) is 0 Å². The number of fused-ring (bicyclic) bond motifs is 1. The molecule has 1 aliphatic carbocycles. The van der Waals surface area contributed by atoms with Crippen molar-refractivity contribution in [3.63, 3.8) is 0 Å². The summed E-state index contributed by atoms with van der Waals surface area (Å²) in [6.07, 6.45) is 0.996. The molecule has 2 aromatic rings. The molecular formula is C17H16BrClFN. The molecule has 1 unspecified atom stereocenters. The van der Waals surface area contributed by atoms with Crippen molar-refractivity contribution < 1.29 is 4.39 Å². The molecule has 2 aromatic carbocycles. The lowest BCUT2D eigenvalue weighted by molar-refractivity contribution is 0.337. The van der Waals surface area contributed by atoms with Crippen LogP contribution in [0.5, 0.6) is 0 Å². The Morgan fingerprint density at radius 1 is 1.24 bits per heavy atom. The van der Waals surface area contributed by atoms with Crippen molar-refractivity contribution in [1.29, 1.82) is 0 Å². The largest absolute Gasteiger partial charge is 0.377 e. The number of anilines is 1. The second-order valence-corrected chi connectivity index (χ2v) is 7.50. The molecule has 0 saturated carbocycles. The fourth-order valence-electron chi connectivity index (χ4n) is 3.04. The Balaban J connectivity index is 1.99. The van der Waals surface area contributed by atoms with E-state index in [2.05, 4.69) is 41.2 Å². The Morgan fingerprint density at radius 3 is 2.71 bits per heavy atom. The van der Waals surface area contributed by atoms with Gasteiger partial charge in [-0.2, -0.15) is 0 Å². The van der Waals surface area contributed by atoms with Gasteiger partial charge in [0.05, 0.1) is 6.04 Å². The molecular weight excluding hydrogens is 353 g/mol. The number of rotatable bonds is 2. The maximum Gasteiger partial charge on any atom is 0.124 e. The number of nitrogens with one attached hydrogen (secondary N) is 1. The van der Waals surface area contributed by atoms with Gasteiger partial charge in [-0.1, -0.05) is 31.5 Å². The molecule has 0 amide bonds. The van der Waals surface area contributed by atoms with E-state index >= 15 is 0 Å². The maximum absolute atomic E-state index is 13.2. The highest BCUT2D eigenvalue weighted by Gasteiger charge is 2.39. The minimum absolute atomic E-state index is 0.0703. The third-order valence-electron chi connectivity index (χ3n) is 4.08. The number of hydrogen-bond acceptors (Lipinski definition) is 1. The van der Waals surface area contributed by atoms with Crippen LogP contribution in [-0.2, 0) is 6.42 Å². The fourth-order valence-corrected chi connectivity index (χ4v) is 3.69. The van der Waals surface area contributed by atoms with Crippen molar-refractivity contribution in [3.8, 4) is 0 Å². The summed E-state index contributed by atoms with van der Waals surface area (Å²) >= 11 is 9.57. The Morgan fingerprint density at radius 2 is 2.00 bits per heavy atom. The Bertz CT molecular complexity index is 699. The Kier molecular flexibility index (Phi) is 3.74. The molecule has 3 rings (SSSR count). The zero-order valence-corrected chi connectivity index (χ0v) is 14.2. The molecule has 21 heavy (non-hydrogen) atoms. The molecule has 1 nitrogen and oxygen atoms in total. The first-order valence-corrected chi connectivity index (χ1v) is 8.04. The average molecular weight is 369 g/mol. The monoisotopic (exact) mass is 367 g/mol. The van der Waals surface area contributed by atoms with Crippen molar-refractivity contribution >= 4 is 33.2 Å². The minimum Gasteiger partial charge on any atom is -0.377 e. The SMILES string of the molecule is CC1(C)Cc2ccc(Cl)cc2C1Nc1ccc(F)cc1Br. The van der Waals surface area contributed by atoms with Gasteiger partial charge in [-0.05, 0) is 69.2 Å². The van der Waals surface area contributed by atoms with Crippen LogP contribution in [0.3, 0.4) is 0 Å². The lowest BCUT2D eigenvalue weighted by Crippen LogP contribution is -2.24. The highest BCUT2D eigenvalue weighted by Crippen LogP contribution is 2.48. The van der Waals surface area contributed by atoms with Crippen molar-refractivity contribution in [2.45, 2.75) is 26.3 Å². The van der Waals surface area contributed by atoms with Crippen LogP contribution in [0, 0.1) is 11.2 Å². The van der Waals surface area contributed by atoms with Crippen LogP contribution in [0.1, 0.15) is 31.0 Å². The first-order valence-electron chi connectivity index (χ1n) is 6.87. The van der Waals surface area contributed by atoms with E-state index in [-0.39, 0.29) is 17.3 Å². The number of benzene rings is 2. The van der Waals surface area contributed by atoms with Crippen molar-refractivity contribution in [2.24, 2.45) is 5.41 Å². The lowest BCUT2D eigenvalue weighted by atomic mass is 9.85. The van der Waals surface area contributed by atoms with E-state index in [1.807, 2.05) is 12.1 Å². The van der Waals surface area contributed by atoms with E-state index in [0.29, 0.717) is 0 Å². The van der Waals surface area contributed by atoms with Crippen LogP contribution >= 0.6 is 27.5 Å². The van der Waals surface area contributed by atoms with Crippen molar-refractivity contribution in [3.05, 3.63) is 62.8 Å². The van der Waals surface area contributed by atoms with Crippen molar-refractivity contribution in [1.82, 2.24) is 0 Å². The molecule has 0 radical (unpaired) electrons. The van der Waals surface area contributed by atoms with Gasteiger partial charge in [-0.3, -0.25) is 0 Å². The molecule has 0 saturated heterocycles. The summed E-state index contributed by atoms with van der Waals surface area (Å²) in [4.78, 5) is 0. The lowest BCUT2D eigenvalue weighted by Gasteiger charge is -2.30. The molecule has 0 heterocycles. The summed E-state index contributed by atoms with van der Waals surface area (Å²) in [5.41, 5.74) is 3.51. The minimum atomic E-state index is -0.249. The third kappa shape index (κ3) is 2.82. The summed E-state index contributed by atoms with van der Waals surface area (Å²) in [7, 11) is 0. The Hall–Kier alpha value is -1.06. The Labute approximate surface area is 137 Å². The van der Waals surface area contributed by atoms with Gasteiger partial charge in [-0.15, -0.1) is 0 Å². The average Bonchev–Trinajstić information content (AvgIpc) is 2.63. The topological polar surface area (TPSA) is 12.0 Å². The first kappa shape index (κ1) is 14.9. The molecule has 0 spiro atoms. The van der Waals surface area contributed by atoms with Gasteiger partial charge >= 0.3 is 0 Å². The first-order chi connectivity index (χ1) is 9.87. The summed E-state index contributed by atoms with van der Waals surface area (Å²) in [6.45, 7) is 4.46.